The predicted octanol–water partition coefficient (Wildman–Crippen LogP) is 5.26. The van der Waals surface area contributed by atoms with E-state index in [4.69, 9.17) is 26.3 Å². The quantitative estimate of drug-likeness (QED) is 0.367. The van der Waals surface area contributed by atoms with E-state index in [0.29, 0.717) is 18.1 Å². The standard InChI is InChI=1S/C25H26ClN5OS/c1-4-6-17-7-5-8-20(26)23(17)16(2)22-11-21-19(14-32-22)24(29-25(28-21)33-3)30-9-10-31-15-27-12-18(31)13-30/h4-8,12,15,22H,2,9-11,13-14H2,1,3H3/b6-4-/t22-/m0/s1. The van der Waals surface area contributed by atoms with E-state index in [1.807, 2.05) is 43.9 Å². The summed E-state index contributed by atoms with van der Waals surface area (Å²) in [4.78, 5) is 16.4. The van der Waals surface area contributed by atoms with Crippen molar-refractivity contribution in [2.24, 2.45) is 0 Å². The largest absolute Gasteiger partial charge is 0.368 e. The molecule has 33 heavy (non-hydrogen) atoms. The maximum atomic E-state index is 6.59. The molecule has 3 aromatic rings. The molecule has 2 aliphatic heterocycles. The van der Waals surface area contributed by atoms with Crippen molar-refractivity contribution in [3.63, 3.8) is 0 Å². The van der Waals surface area contributed by atoms with Gasteiger partial charge in [0, 0.05) is 41.9 Å². The van der Waals surface area contributed by atoms with Crippen LogP contribution in [0, 0.1) is 0 Å². The molecule has 0 radical (unpaired) electrons. The minimum Gasteiger partial charge on any atom is -0.368 e. The Morgan fingerprint density at radius 3 is 3.00 bits per heavy atom. The lowest BCUT2D eigenvalue weighted by Crippen LogP contribution is -2.36. The molecule has 1 aromatic carbocycles. The van der Waals surface area contributed by atoms with Gasteiger partial charge in [0.25, 0.3) is 0 Å². The van der Waals surface area contributed by atoms with Gasteiger partial charge in [-0.1, -0.05) is 54.2 Å². The number of rotatable bonds is 5. The van der Waals surface area contributed by atoms with E-state index in [-0.39, 0.29) is 6.10 Å². The number of anilines is 1. The number of hydrogen-bond acceptors (Lipinski definition) is 6. The van der Waals surface area contributed by atoms with Crippen LogP contribution in [0.3, 0.4) is 0 Å². The van der Waals surface area contributed by atoms with Crippen molar-refractivity contribution in [1.29, 1.82) is 0 Å². The number of fused-ring (bicyclic) bond motifs is 2. The summed E-state index contributed by atoms with van der Waals surface area (Å²) in [6.45, 7) is 9.38. The monoisotopic (exact) mass is 479 g/mol. The van der Waals surface area contributed by atoms with Crippen LogP contribution in [0.25, 0.3) is 11.6 Å². The molecule has 0 unspecified atom stereocenters. The number of aromatic nitrogens is 4. The van der Waals surface area contributed by atoms with Crippen molar-refractivity contribution < 1.29 is 4.74 Å². The van der Waals surface area contributed by atoms with Crippen LogP contribution >= 0.6 is 23.4 Å². The lowest BCUT2D eigenvalue weighted by Gasteiger charge is -2.34. The fourth-order valence-electron chi connectivity index (χ4n) is 4.53. The highest BCUT2D eigenvalue weighted by Gasteiger charge is 2.30. The van der Waals surface area contributed by atoms with Crippen LogP contribution in [0.4, 0.5) is 5.82 Å². The molecular weight excluding hydrogens is 454 g/mol. The molecule has 6 nitrogen and oxygen atoms in total. The maximum absolute atomic E-state index is 6.59. The summed E-state index contributed by atoms with van der Waals surface area (Å²) in [7, 11) is 0. The zero-order valence-corrected chi connectivity index (χ0v) is 20.4. The predicted molar refractivity (Wildman–Crippen MR) is 135 cm³/mol. The Labute approximate surface area is 203 Å². The lowest BCUT2D eigenvalue weighted by atomic mass is 9.92. The number of hydrogen-bond donors (Lipinski definition) is 0. The number of benzene rings is 1. The molecule has 0 bridgehead atoms. The molecule has 0 N–H and O–H groups in total. The van der Waals surface area contributed by atoms with Gasteiger partial charge in [-0.05, 0) is 30.4 Å². The fourth-order valence-corrected chi connectivity index (χ4v) is 5.21. The van der Waals surface area contributed by atoms with Crippen LogP contribution in [0.2, 0.25) is 5.02 Å². The number of nitrogens with zero attached hydrogens (tertiary/aromatic N) is 5. The van der Waals surface area contributed by atoms with Crippen molar-refractivity contribution in [2.45, 2.75) is 44.3 Å². The van der Waals surface area contributed by atoms with Gasteiger partial charge in [0.05, 0.1) is 37.0 Å². The van der Waals surface area contributed by atoms with Gasteiger partial charge < -0.3 is 14.2 Å². The van der Waals surface area contributed by atoms with Gasteiger partial charge in [-0.15, -0.1) is 0 Å². The SMILES string of the molecule is C=C(c1c(Cl)cccc1/C=C\C)[C@@H]1Cc2nc(SC)nc(N3CCn4cncc4C3)c2CO1. The van der Waals surface area contributed by atoms with E-state index in [9.17, 15) is 0 Å². The molecule has 2 aliphatic rings. The Morgan fingerprint density at radius 1 is 1.30 bits per heavy atom. The third-order valence-corrected chi connectivity index (χ3v) is 7.07. The van der Waals surface area contributed by atoms with Gasteiger partial charge in [-0.3, -0.25) is 0 Å². The summed E-state index contributed by atoms with van der Waals surface area (Å²) in [5.74, 6) is 0.966. The van der Waals surface area contributed by atoms with Gasteiger partial charge >= 0.3 is 0 Å². The van der Waals surface area contributed by atoms with Gasteiger partial charge in [0.15, 0.2) is 5.16 Å². The van der Waals surface area contributed by atoms with Gasteiger partial charge in [0.1, 0.15) is 5.82 Å². The smallest absolute Gasteiger partial charge is 0.189 e. The molecule has 0 fully saturated rings. The summed E-state index contributed by atoms with van der Waals surface area (Å²) in [6, 6.07) is 5.91. The number of thioether (sulfide) groups is 1. The molecule has 170 valence electrons. The molecule has 0 spiro atoms. The van der Waals surface area contributed by atoms with E-state index in [1.165, 1.54) is 5.69 Å². The molecule has 0 amide bonds. The Morgan fingerprint density at radius 2 is 2.18 bits per heavy atom. The van der Waals surface area contributed by atoms with Crippen molar-refractivity contribution >= 4 is 40.8 Å². The minimum absolute atomic E-state index is 0.193. The third kappa shape index (κ3) is 4.21. The molecule has 5 rings (SSSR count). The van der Waals surface area contributed by atoms with Crippen molar-refractivity contribution in [2.75, 3.05) is 17.7 Å². The Kier molecular flexibility index (Phi) is 6.27. The topological polar surface area (TPSA) is 56.1 Å². The van der Waals surface area contributed by atoms with Crippen LogP contribution in [0.5, 0.6) is 0 Å². The number of imidazole rings is 1. The molecular formula is C25H26ClN5OS. The Hall–Kier alpha value is -2.61. The summed E-state index contributed by atoms with van der Waals surface area (Å²) in [5.41, 5.74) is 6.15. The molecule has 4 heterocycles. The van der Waals surface area contributed by atoms with Crippen LogP contribution in [-0.4, -0.2) is 38.4 Å². The maximum Gasteiger partial charge on any atom is 0.189 e. The molecule has 2 aromatic heterocycles. The highest BCUT2D eigenvalue weighted by atomic mass is 35.5. The molecule has 0 aliphatic carbocycles. The molecule has 0 saturated heterocycles. The average molecular weight is 480 g/mol. The van der Waals surface area contributed by atoms with Crippen LogP contribution in [0.1, 0.15) is 35.0 Å². The van der Waals surface area contributed by atoms with Gasteiger partial charge in [-0.25, -0.2) is 15.0 Å². The van der Waals surface area contributed by atoms with E-state index in [2.05, 4.69) is 33.2 Å². The van der Waals surface area contributed by atoms with E-state index in [0.717, 1.165) is 58.6 Å². The molecule has 0 saturated carbocycles. The second-order valence-corrected chi connectivity index (χ2v) is 9.37. The number of allylic oxidation sites excluding steroid dienone is 1. The van der Waals surface area contributed by atoms with Gasteiger partial charge in [0.2, 0.25) is 0 Å². The summed E-state index contributed by atoms with van der Waals surface area (Å²) < 4.78 is 8.55. The molecule has 1 atom stereocenters. The molecule has 8 heteroatoms. The fraction of sp³-hybridized carbons (Fsp3) is 0.320. The second-order valence-electron chi connectivity index (χ2n) is 8.19. The minimum atomic E-state index is -0.193. The summed E-state index contributed by atoms with van der Waals surface area (Å²) in [5, 5.41) is 1.46. The number of ether oxygens (including phenoxy) is 1. The zero-order chi connectivity index (χ0) is 22.9. The summed E-state index contributed by atoms with van der Waals surface area (Å²) in [6.07, 6.45) is 10.3. The normalized spacial score (nSPS) is 17.8. The number of halogens is 1. The van der Waals surface area contributed by atoms with E-state index in [1.54, 1.807) is 11.8 Å². The van der Waals surface area contributed by atoms with E-state index < -0.39 is 0 Å². The van der Waals surface area contributed by atoms with Crippen LogP contribution in [0.15, 0.2) is 48.5 Å². The van der Waals surface area contributed by atoms with Crippen molar-refractivity contribution in [3.05, 3.63) is 76.5 Å². The first-order valence-corrected chi connectivity index (χ1v) is 12.6. The zero-order valence-electron chi connectivity index (χ0n) is 18.8. The third-order valence-electron chi connectivity index (χ3n) is 6.20. The highest BCUT2D eigenvalue weighted by molar-refractivity contribution is 7.98. The lowest BCUT2D eigenvalue weighted by molar-refractivity contribution is 0.0641. The highest BCUT2D eigenvalue weighted by Crippen LogP contribution is 2.37. The summed E-state index contributed by atoms with van der Waals surface area (Å²) >= 11 is 8.16. The van der Waals surface area contributed by atoms with Crippen LogP contribution < -0.4 is 4.90 Å². The first-order chi connectivity index (χ1) is 16.1. The van der Waals surface area contributed by atoms with Crippen molar-refractivity contribution in [3.8, 4) is 0 Å². The average Bonchev–Trinajstić information content (AvgIpc) is 3.31. The Bertz CT molecular complexity index is 1240. The van der Waals surface area contributed by atoms with Crippen molar-refractivity contribution in [1.82, 2.24) is 19.5 Å². The first kappa shape index (κ1) is 22.2. The van der Waals surface area contributed by atoms with Crippen LogP contribution in [-0.2, 0) is 30.9 Å². The van der Waals surface area contributed by atoms with Gasteiger partial charge in [-0.2, -0.15) is 0 Å². The Balaban J connectivity index is 1.47. The first-order valence-electron chi connectivity index (χ1n) is 11.0. The second kappa shape index (κ2) is 9.33. The van der Waals surface area contributed by atoms with E-state index >= 15 is 0 Å².